The van der Waals surface area contributed by atoms with Gasteiger partial charge in [-0.25, -0.2) is 4.79 Å². The summed E-state index contributed by atoms with van der Waals surface area (Å²) in [5.74, 6) is -0.895. The van der Waals surface area contributed by atoms with Crippen LogP contribution in [0.25, 0.3) is 0 Å². The Labute approximate surface area is 118 Å². The number of hydrogen-bond donors (Lipinski definition) is 1. The molecule has 0 saturated carbocycles. The maximum absolute atomic E-state index is 10.9. The number of rotatable bonds is 3. The Bertz CT molecular complexity index is 644. The highest BCUT2D eigenvalue weighted by Crippen LogP contribution is 2.31. The molecule has 7 heteroatoms. The Kier molecular flexibility index (Phi) is 3.12. The van der Waals surface area contributed by atoms with Crippen molar-refractivity contribution in [2.75, 3.05) is 11.4 Å². The average molecular weight is 296 g/mol. The third-order valence-electron chi connectivity index (χ3n) is 3.17. The number of hydrogen-bond acceptors (Lipinski definition) is 5. The van der Waals surface area contributed by atoms with E-state index in [1.54, 1.807) is 12.1 Å². The summed E-state index contributed by atoms with van der Waals surface area (Å²) >= 11 is 7.18. The van der Waals surface area contributed by atoms with Crippen LogP contribution in [0.5, 0.6) is 0 Å². The van der Waals surface area contributed by atoms with Gasteiger partial charge in [-0.1, -0.05) is 16.1 Å². The van der Waals surface area contributed by atoms with Crippen LogP contribution in [0.15, 0.2) is 18.2 Å². The standard InChI is InChI=1S/C12H10ClN3O2S/c13-11-9(14-15-19-11)6-16-4-3-7-5-8(12(17)18)1-2-10(7)16/h1-2,5H,3-4,6H2,(H,17,18). The predicted octanol–water partition coefficient (Wildman–Crippen LogP) is 2.45. The van der Waals surface area contributed by atoms with Crippen molar-refractivity contribution in [3.05, 3.63) is 39.4 Å². The Balaban J connectivity index is 1.86. The molecule has 0 radical (unpaired) electrons. The van der Waals surface area contributed by atoms with Gasteiger partial charge in [-0.3, -0.25) is 0 Å². The summed E-state index contributed by atoms with van der Waals surface area (Å²) in [5.41, 5.74) is 3.20. The van der Waals surface area contributed by atoms with Crippen LogP contribution in [0.2, 0.25) is 4.34 Å². The summed E-state index contributed by atoms with van der Waals surface area (Å²) in [6.45, 7) is 1.45. The van der Waals surface area contributed by atoms with Crippen LogP contribution in [0, 0.1) is 0 Å². The summed E-state index contributed by atoms with van der Waals surface area (Å²) in [6.07, 6.45) is 0.839. The molecule has 98 valence electrons. The van der Waals surface area contributed by atoms with Gasteiger partial charge in [-0.2, -0.15) is 0 Å². The molecule has 0 aliphatic carbocycles. The molecule has 2 heterocycles. The fraction of sp³-hybridized carbons (Fsp3) is 0.250. The molecule has 0 spiro atoms. The highest BCUT2D eigenvalue weighted by Gasteiger charge is 2.22. The van der Waals surface area contributed by atoms with Crippen molar-refractivity contribution < 1.29 is 9.90 Å². The fourth-order valence-corrected chi connectivity index (χ4v) is 2.85. The Hall–Kier alpha value is -1.66. The van der Waals surface area contributed by atoms with E-state index in [0.29, 0.717) is 16.4 Å². The van der Waals surface area contributed by atoms with E-state index in [0.717, 1.165) is 29.9 Å². The van der Waals surface area contributed by atoms with Crippen molar-refractivity contribution in [2.24, 2.45) is 0 Å². The maximum Gasteiger partial charge on any atom is 0.335 e. The lowest BCUT2D eigenvalue weighted by atomic mass is 10.1. The highest BCUT2D eigenvalue weighted by molar-refractivity contribution is 7.10. The molecule has 2 aromatic rings. The van der Waals surface area contributed by atoms with Gasteiger partial charge in [0, 0.05) is 23.8 Å². The number of nitrogens with zero attached hydrogens (tertiary/aromatic N) is 3. The van der Waals surface area contributed by atoms with Gasteiger partial charge in [0.1, 0.15) is 10.0 Å². The summed E-state index contributed by atoms with van der Waals surface area (Å²) < 4.78 is 4.42. The molecule has 1 aliphatic rings. The number of carboxylic acid groups (broad SMARTS) is 1. The van der Waals surface area contributed by atoms with Crippen LogP contribution >= 0.6 is 23.1 Å². The molecule has 0 amide bonds. The molecule has 0 saturated heterocycles. The third kappa shape index (κ3) is 2.29. The topological polar surface area (TPSA) is 66.3 Å². The third-order valence-corrected chi connectivity index (χ3v) is 4.15. The van der Waals surface area contributed by atoms with Crippen LogP contribution in [-0.4, -0.2) is 27.2 Å². The largest absolute Gasteiger partial charge is 0.478 e. The van der Waals surface area contributed by atoms with Gasteiger partial charge in [0.2, 0.25) is 0 Å². The van der Waals surface area contributed by atoms with Crippen molar-refractivity contribution in [3.8, 4) is 0 Å². The van der Waals surface area contributed by atoms with Crippen molar-refractivity contribution in [2.45, 2.75) is 13.0 Å². The minimum atomic E-state index is -0.895. The van der Waals surface area contributed by atoms with E-state index in [1.807, 2.05) is 6.07 Å². The molecule has 5 nitrogen and oxygen atoms in total. The van der Waals surface area contributed by atoms with Crippen LogP contribution in [0.3, 0.4) is 0 Å². The average Bonchev–Trinajstić information content (AvgIpc) is 2.97. The molecule has 1 aromatic heterocycles. The molecular formula is C12H10ClN3O2S. The van der Waals surface area contributed by atoms with Crippen molar-refractivity contribution in [1.82, 2.24) is 9.59 Å². The number of carboxylic acids is 1. The Morgan fingerprint density at radius 3 is 3.05 bits per heavy atom. The van der Waals surface area contributed by atoms with Gasteiger partial charge in [-0.05, 0) is 30.2 Å². The smallest absolute Gasteiger partial charge is 0.335 e. The molecule has 19 heavy (non-hydrogen) atoms. The zero-order chi connectivity index (χ0) is 13.4. The van der Waals surface area contributed by atoms with Crippen molar-refractivity contribution in [1.29, 1.82) is 0 Å². The SMILES string of the molecule is O=C(O)c1ccc2c(c1)CCN2Cc1nnsc1Cl. The molecule has 1 N–H and O–H groups in total. The maximum atomic E-state index is 10.9. The van der Waals surface area contributed by atoms with Gasteiger partial charge in [0.25, 0.3) is 0 Å². The molecular weight excluding hydrogens is 286 g/mol. The number of aromatic nitrogens is 2. The van der Waals surface area contributed by atoms with E-state index < -0.39 is 5.97 Å². The van der Waals surface area contributed by atoms with E-state index in [-0.39, 0.29) is 0 Å². The Morgan fingerprint density at radius 1 is 1.53 bits per heavy atom. The van der Waals surface area contributed by atoms with Gasteiger partial charge in [0.15, 0.2) is 0 Å². The van der Waals surface area contributed by atoms with Crippen LogP contribution in [0.4, 0.5) is 5.69 Å². The first-order chi connectivity index (χ1) is 9.15. The minimum absolute atomic E-state index is 0.328. The van der Waals surface area contributed by atoms with E-state index in [1.165, 1.54) is 11.5 Å². The second kappa shape index (κ2) is 4.79. The van der Waals surface area contributed by atoms with Crippen molar-refractivity contribution >= 4 is 34.8 Å². The lowest BCUT2D eigenvalue weighted by Gasteiger charge is -2.18. The predicted molar refractivity (Wildman–Crippen MR) is 73.1 cm³/mol. The second-order valence-electron chi connectivity index (χ2n) is 4.31. The molecule has 3 rings (SSSR count). The molecule has 0 atom stereocenters. The van der Waals surface area contributed by atoms with Crippen molar-refractivity contribution in [3.63, 3.8) is 0 Å². The minimum Gasteiger partial charge on any atom is -0.478 e. The summed E-state index contributed by atoms with van der Waals surface area (Å²) in [7, 11) is 0. The second-order valence-corrected chi connectivity index (χ2v) is 5.67. The number of aromatic carboxylic acids is 1. The summed E-state index contributed by atoms with van der Waals surface area (Å²) in [5, 5.41) is 13.0. The highest BCUT2D eigenvalue weighted by atomic mass is 35.5. The molecule has 1 aromatic carbocycles. The number of anilines is 1. The van der Waals surface area contributed by atoms with Gasteiger partial charge in [-0.15, -0.1) is 5.10 Å². The zero-order valence-corrected chi connectivity index (χ0v) is 11.4. The number of fused-ring (bicyclic) bond motifs is 1. The lowest BCUT2D eigenvalue weighted by Crippen LogP contribution is -2.20. The van der Waals surface area contributed by atoms with Crippen LogP contribution < -0.4 is 4.90 Å². The van der Waals surface area contributed by atoms with Crippen LogP contribution in [-0.2, 0) is 13.0 Å². The van der Waals surface area contributed by atoms with E-state index in [9.17, 15) is 4.79 Å². The van der Waals surface area contributed by atoms with Crippen LogP contribution in [0.1, 0.15) is 21.6 Å². The molecule has 0 unspecified atom stereocenters. The van der Waals surface area contributed by atoms with E-state index >= 15 is 0 Å². The van der Waals surface area contributed by atoms with Gasteiger partial charge >= 0.3 is 5.97 Å². The fourth-order valence-electron chi connectivity index (χ4n) is 2.24. The first kappa shape index (κ1) is 12.4. The number of benzene rings is 1. The summed E-state index contributed by atoms with van der Waals surface area (Å²) in [6, 6.07) is 5.21. The lowest BCUT2D eigenvalue weighted by molar-refractivity contribution is 0.0697. The quantitative estimate of drug-likeness (QED) is 0.942. The first-order valence-corrected chi connectivity index (χ1v) is 6.88. The van der Waals surface area contributed by atoms with Gasteiger partial charge < -0.3 is 10.0 Å². The molecule has 0 fully saturated rings. The van der Waals surface area contributed by atoms with E-state index in [2.05, 4.69) is 14.5 Å². The van der Waals surface area contributed by atoms with Gasteiger partial charge in [0.05, 0.1) is 12.1 Å². The Morgan fingerprint density at radius 2 is 2.37 bits per heavy atom. The summed E-state index contributed by atoms with van der Waals surface area (Å²) in [4.78, 5) is 13.1. The number of carbonyl (C=O) groups is 1. The first-order valence-electron chi connectivity index (χ1n) is 5.73. The zero-order valence-electron chi connectivity index (χ0n) is 9.84. The molecule has 1 aliphatic heterocycles. The van der Waals surface area contributed by atoms with E-state index in [4.69, 9.17) is 16.7 Å². The monoisotopic (exact) mass is 295 g/mol. The number of halogens is 1. The molecule has 0 bridgehead atoms. The normalized spacial score (nSPS) is 13.6.